The van der Waals surface area contributed by atoms with Gasteiger partial charge in [-0.1, -0.05) is 35.9 Å². The van der Waals surface area contributed by atoms with E-state index in [-0.39, 0.29) is 6.04 Å². The minimum absolute atomic E-state index is 0.226. The third-order valence-electron chi connectivity index (χ3n) is 2.85. The quantitative estimate of drug-likeness (QED) is 0.834. The van der Waals surface area contributed by atoms with E-state index < -0.39 is 0 Å². The highest BCUT2D eigenvalue weighted by atomic mass is 35.5. The van der Waals surface area contributed by atoms with Crippen LogP contribution in [0.3, 0.4) is 0 Å². The predicted octanol–water partition coefficient (Wildman–Crippen LogP) is 3.20. The first-order valence-electron chi connectivity index (χ1n) is 5.91. The Labute approximate surface area is 112 Å². The molecule has 0 spiro atoms. The molecular weight excluding hydrogens is 250 g/mol. The van der Waals surface area contributed by atoms with Crippen LogP contribution in [0.2, 0.25) is 5.02 Å². The van der Waals surface area contributed by atoms with Crippen molar-refractivity contribution in [2.45, 2.75) is 19.4 Å². The Bertz CT molecular complexity index is 495. The minimum Gasteiger partial charge on any atom is -0.382 e. The normalized spacial score (nSPS) is 12.6. The van der Waals surface area contributed by atoms with Crippen LogP contribution >= 0.6 is 11.6 Å². The molecule has 0 bridgehead atoms. The van der Waals surface area contributed by atoms with E-state index >= 15 is 0 Å². The molecule has 0 aliphatic rings. The van der Waals surface area contributed by atoms with E-state index in [1.807, 2.05) is 35.1 Å². The van der Waals surface area contributed by atoms with Gasteiger partial charge in [-0.05, 0) is 18.6 Å². The van der Waals surface area contributed by atoms with Gasteiger partial charge in [0.05, 0.1) is 18.8 Å². The molecule has 0 N–H and O–H groups in total. The monoisotopic (exact) mass is 265 g/mol. The van der Waals surface area contributed by atoms with E-state index in [9.17, 15) is 0 Å². The Hall–Kier alpha value is -1.39. The first-order valence-corrected chi connectivity index (χ1v) is 6.29. The molecule has 0 saturated heterocycles. The fourth-order valence-electron chi connectivity index (χ4n) is 1.78. The smallest absolute Gasteiger partial charge is 0.113 e. The van der Waals surface area contributed by atoms with Gasteiger partial charge >= 0.3 is 0 Å². The molecule has 0 saturated carbocycles. The summed E-state index contributed by atoms with van der Waals surface area (Å²) in [6, 6.07) is 7.80. The number of nitrogens with zero attached hydrogens (tertiary/aromatic N) is 3. The van der Waals surface area contributed by atoms with E-state index in [1.165, 1.54) is 0 Å². The molecule has 18 heavy (non-hydrogen) atoms. The van der Waals surface area contributed by atoms with Crippen LogP contribution in [0.5, 0.6) is 0 Å². The van der Waals surface area contributed by atoms with Crippen molar-refractivity contribution < 1.29 is 4.74 Å². The highest BCUT2D eigenvalue weighted by molar-refractivity contribution is 6.30. The zero-order valence-corrected chi connectivity index (χ0v) is 11.3. The van der Waals surface area contributed by atoms with Crippen LogP contribution in [0.1, 0.15) is 19.4 Å². The second-order valence-electron chi connectivity index (χ2n) is 4.11. The molecule has 1 heterocycles. The van der Waals surface area contributed by atoms with Gasteiger partial charge in [0.2, 0.25) is 0 Å². The SMILES string of the molecule is CCC(COC)n1cc(-c2ccc(Cl)cc2)nn1. The average Bonchev–Trinajstić information content (AvgIpc) is 2.86. The maximum atomic E-state index is 5.86. The second-order valence-corrected chi connectivity index (χ2v) is 4.54. The standard InChI is InChI=1S/C13H16ClN3O/c1-3-12(9-18-2)17-8-13(15-16-17)10-4-6-11(14)7-5-10/h4-8,12H,3,9H2,1-2H3. The molecule has 96 valence electrons. The first-order chi connectivity index (χ1) is 8.74. The van der Waals surface area contributed by atoms with Gasteiger partial charge in [0.1, 0.15) is 5.69 Å². The topological polar surface area (TPSA) is 39.9 Å². The maximum absolute atomic E-state index is 5.86. The maximum Gasteiger partial charge on any atom is 0.113 e. The lowest BCUT2D eigenvalue weighted by molar-refractivity contribution is 0.146. The summed E-state index contributed by atoms with van der Waals surface area (Å²) in [6.45, 7) is 2.74. The van der Waals surface area contributed by atoms with Crippen molar-refractivity contribution in [2.24, 2.45) is 0 Å². The van der Waals surface area contributed by atoms with Gasteiger partial charge in [-0.25, -0.2) is 4.68 Å². The zero-order valence-electron chi connectivity index (χ0n) is 10.5. The van der Waals surface area contributed by atoms with Crippen molar-refractivity contribution in [3.8, 4) is 11.3 Å². The molecule has 2 aromatic rings. The van der Waals surface area contributed by atoms with Gasteiger partial charge in [0.25, 0.3) is 0 Å². The molecular formula is C13H16ClN3O. The third-order valence-corrected chi connectivity index (χ3v) is 3.11. The number of hydrogen-bond donors (Lipinski definition) is 0. The van der Waals surface area contributed by atoms with E-state index in [0.29, 0.717) is 6.61 Å². The highest BCUT2D eigenvalue weighted by Gasteiger charge is 2.11. The van der Waals surface area contributed by atoms with E-state index in [4.69, 9.17) is 16.3 Å². The van der Waals surface area contributed by atoms with Crippen molar-refractivity contribution >= 4 is 11.6 Å². The molecule has 0 radical (unpaired) electrons. The number of ether oxygens (including phenoxy) is 1. The molecule has 0 fully saturated rings. The summed E-state index contributed by atoms with van der Waals surface area (Å²) in [5.74, 6) is 0. The molecule has 1 aromatic carbocycles. The Morgan fingerprint density at radius 3 is 2.67 bits per heavy atom. The first kappa shape index (κ1) is 13.1. The number of benzene rings is 1. The van der Waals surface area contributed by atoms with Crippen LogP contribution in [-0.4, -0.2) is 28.7 Å². The van der Waals surface area contributed by atoms with Crippen LogP contribution < -0.4 is 0 Å². The summed E-state index contributed by atoms with van der Waals surface area (Å²) in [5.41, 5.74) is 1.86. The number of methoxy groups -OCH3 is 1. The van der Waals surface area contributed by atoms with Crippen molar-refractivity contribution in [1.29, 1.82) is 0 Å². The Kier molecular flexibility index (Phi) is 4.33. The summed E-state index contributed by atoms with van der Waals surface area (Å²) in [5, 5.41) is 9.06. The minimum atomic E-state index is 0.226. The number of rotatable bonds is 5. The second kappa shape index (κ2) is 5.98. The van der Waals surface area contributed by atoms with Crippen molar-refractivity contribution in [3.05, 3.63) is 35.5 Å². The number of hydrogen-bond acceptors (Lipinski definition) is 3. The van der Waals surface area contributed by atoms with Gasteiger partial charge < -0.3 is 4.74 Å². The Morgan fingerprint density at radius 2 is 2.06 bits per heavy atom. The van der Waals surface area contributed by atoms with E-state index in [2.05, 4.69) is 17.2 Å². The summed E-state index contributed by atoms with van der Waals surface area (Å²) in [4.78, 5) is 0. The fourth-order valence-corrected chi connectivity index (χ4v) is 1.91. The van der Waals surface area contributed by atoms with Crippen LogP contribution in [0.4, 0.5) is 0 Å². The molecule has 4 nitrogen and oxygen atoms in total. The lowest BCUT2D eigenvalue weighted by Crippen LogP contribution is -2.14. The van der Waals surface area contributed by atoms with Crippen molar-refractivity contribution in [2.75, 3.05) is 13.7 Å². The van der Waals surface area contributed by atoms with E-state index in [0.717, 1.165) is 22.7 Å². The molecule has 2 rings (SSSR count). The molecule has 1 aromatic heterocycles. The fraction of sp³-hybridized carbons (Fsp3) is 0.385. The lowest BCUT2D eigenvalue weighted by atomic mass is 10.2. The summed E-state index contributed by atoms with van der Waals surface area (Å²) in [7, 11) is 1.69. The van der Waals surface area contributed by atoms with Crippen LogP contribution in [0, 0.1) is 0 Å². The summed E-state index contributed by atoms with van der Waals surface area (Å²) in [6.07, 6.45) is 2.90. The highest BCUT2D eigenvalue weighted by Crippen LogP contribution is 2.20. The van der Waals surface area contributed by atoms with Gasteiger partial charge in [-0.2, -0.15) is 0 Å². The molecule has 0 amide bonds. The van der Waals surface area contributed by atoms with Gasteiger partial charge in [0.15, 0.2) is 0 Å². The largest absolute Gasteiger partial charge is 0.382 e. The Balaban J connectivity index is 2.21. The lowest BCUT2D eigenvalue weighted by Gasteiger charge is -2.12. The zero-order chi connectivity index (χ0) is 13.0. The predicted molar refractivity (Wildman–Crippen MR) is 71.7 cm³/mol. The summed E-state index contributed by atoms with van der Waals surface area (Å²) >= 11 is 5.86. The number of halogens is 1. The molecule has 5 heteroatoms. The van der Waals surface area contributed by atoms with E-state index in [1.54, 1.807) is 7.11 Å². The molecule has 1 unspecified atom stereocenters. The Morgan fingerprint density at radius 1 is 1.33 bits per heavy atom. The van der Waals surface area contributed by atoms with Crippen LogP contribution in [0.15, 0.2) is 30.5 Å². The van der Waals surface area contributed by atoms with Crippen molar-refractivity contribution in [1.82, 2.24) is 15.0 Å². The molecule has 0 aliphatic carbocycles. The third kappa shape index (κ3) is 2.89. The molecule has 1 atom stereocenters. The van der Waals surface area contributed by atoms with Crippen molar-refractivity contribution in [3.63, 3.8) is 0 Å². The van der Waals surface area contributed by atoms with Crippen LogP contribution in [-0.2, 0) is 4.74 Å². The average molecular weight is 266 g/mol. The molecule has 0 aliphatic heterocycles. The van der Waals surface area contributed by atoms with Gasteiger partial charge in [0, 0.05) is 17.7 Å². The van der Waals surface area contributed by atoms with Gasteiger partial charge in [-0.3, -0.25) is 0 Å². The number of aromatic nitrogens is 3. The van der Waals surface area contributed by atoms with Gasteiger partial charge in [-0.15, -0.1) is 5.10 Å². The summed E-state index contributed by atoms with van der Waals surface area (Å²) < 4.78 is 7.03. The van der Waals surface area contributed by atoms with Crippen LogP contribution in [0.25, 0.3) is 11.3 Å².